The van der Waals surface area contributed by atoms with Crippen molar-refractivity contribution in [3.63, 3.8) is 0 Å². The molecule has 0 aliphatic heterocycles. The van der Waals surface area contributed by atoms with Gasteiger partial charge < -0.3 is 9.52 Å². The first kappa shape index (κ1) is 8.53. The number of fused-ring (bicyclic) bond motifs is 1. The second-order valence-electron chi connectivity index (χ2n) is 3.98. The summed E-state index contributed by atoms with van der Waals surface area (Å²) < 4.78 is 5.39. The van der Waals surface area contributed by atoms with E-state index in [0.29, 0.717) is 11.5 Å². The molecule has 76 valence electrons. The molecule has 2 aromatic rings. The van der Waals surface area contributed by atoms with Crippen molar-refractivity contribution in [2.24, 2.45) is 0 Å². The Hall–Kier alpha value is -1.77. The molecule has 1 aliphatic rings. The van der Waals surface area contributed by atoms with Crippen LogP contribution in [0.1, 0.15) is 34.7 Å². The van der Waals surface area contributed by atoms with E-state index in [4.69, 9.17) is 9.52 Å². The first-order chi connectivity index (χ1) is 7.25. The lowest BCUT2D eigenvalue weighted by Crippen LogP contribution is -1.94. The molecule has 3 heteroatoms. The molecule has 0 bridgehead atoms. The van der Waals surface area contributed by atoms with E-state index < -0.39 is 5.97 Å². The third-order valence-electron chi connectivity index (χ3n) is 2.87. The third-order valence-corrected chi connectivity index (χ3v) is 2.87. The number of rotatable bonds is 2. The van der Waals surface area contributed by atoms with Gasteiger partial charge in [-0.25, -0.2) is 4.79 Å². The summed E-state index contributed by atoms with van der Waals surface area (Å²) >= 11 is 0. The summed E-state index contributed by atoms with van der Waals surface area (Å²) in [4.78, 5) is 10.8. The zero-order valence-corrected chi connectivity index (χ0v) is 8.06. The first-order valence-electron chi connectivity index (χ1n) is 5.00. The molecule has 3 nitrogen and oxygen atoms in total. The van der Waals surface area contributed by atoms with Gasteiger partial charge in [0, 0.05) is 10.9 Å². The van der Waals surface area contributed by atoms with Crippen molar-refractivity contribution in [3.8, 4) is 0 Å². The van der Waals surface area contributed by atoms with Crippen molar-refractivity contribution >= 4 is 16.9 Å². The van der Waals surface area contributed by atoms with Crippen molar-refractivity contribution in [2.45, 2.75) is 18.8 Å². The number of carbonyl (C=O) groups is 1. The van der Waals surface area contributed by atoms with E-state index in [0.717, 1.165) is 16.5 Å². The van der Waals surface area contributed by atoms with Gasteiger partial charge in [0.2, 0.25) is 0 Å². The fraction of sp³-hybridized carbons (Fsp3) is 0.250. The Morgan fingerprint density at radius 1 is 1.40 bits per heavy atom. The van der Waals surface area contributed by atoms with Gasteiger partial charge in [0.1, 0.15) is 5.58 Å². The van der Waals surface area contributed by atoms with Gasteiger partial charge >= 0.3 is 5.97 Å². The summed E-state index contributed by atoms with van der Waals surface area (Å²) in [6, 6.07) is 5.00. The molecule has 0 amide bonds. The predicted molar refractivity (Wildman–Crippen MR) is 55.1 cm³/mol. The van der Waals surface area contributed by atoms with Gasteiger partial charge in [-0.2, -0.15) is 0 Å². The maximum absolute atomic E-state index is 10.8. The molecule has 1 saturated carbocycles. The Kier molecular flexibility index (Phi) is 1.63. The minimum atomic E-state index is -0.889. The Balaban J connectivity index is 2.21. The minimum Gasteiger partial charge on any atom is -0.478 e. The normalized spacial score (nSPS) is 15.7. The molecule has 1 aliphatic carbocycles. The molecule has 0 spiro atoms. The molecule has 0 unspecified atom stereocenters. The fourth-order valence-corrected chi connectivity index (χ4v) is 1.89. The molecule has 15 heavy (non-hydrogen) atoms. The van der Waals surface area contributed by atoms with E-state index in [2.05, 4.69) is 0 Å². The number of carboxylic acids is 1. The summed E-state index contributed by atoms with van der Waals surface area (Å²) in [5, 5.41) is 9.85. The SMILES string of the molecule is O=C(O)c1ccc2occ(C3CC3)c2c1. The highest BCUT2D eigenvalue weighted by Crippen LogP contribution is 2.43. The van der Waals surface area contributed by atoms with Crippen LogP contribution in [0.4, 0.5) is 0 Å². The molecule has 3 rings (SSSR count). The maximum atomic E-state index is 10.8. The number of hydrogen-bond donors (Lipinski definition) is 1. The number of aromatic carboxylic acids is 1. The Morgan fingerprint density at radius 2 is 2.20 bits per heavy atom. The van der Waals surface area contributed by atoms with Crippen LogP contribution in [-0.2, 0) is 0 Å². The van der Waals surface area contributed by atoms with Crippen LogP contribution in [-0.4, -0.2) is 11.1 Å². The molecule has 0 radical (unpaired) electrons. The number of benzene rings is 1. The highest BCUT2D eigenvalue weighted by molar-refractivity contribution is 5.94. The van der Waals surface area contributed by atoms with E-state index in [1.54, 1.807) is 24.5 Å². The summed E-state index contributed by atoms with van der Waals surface area (Å²) in [7, 11) is 0. The van der Waals surface area contributed by atoms with Crippen LogP contribution in [0.2, 0.25) is 0 Å². The lowest BCUT2D eigenvalue weighted by molar-refractivity contribution is 0.0697. The summed E-state index contributed by atoms with van der Waals surface area (Å²) in [6.45, 7) is 0. The molecular weight excluding hydrogens is 192 g/mol. The Morgan fingerprint density at radius 3 is 2.87 bits per heavy atom. The monoisotopic (exact) mass is 202 g/mol. The van der Waals surface area contributed by atoms with E-state index in [-0.39, 0.29) is 0 Å². The first-order valence-corrected chi connectivity index (χ1v) is 5.00. The molecule has 1 N–H and O–H groups in total. The summed E-state index contributed by atoms with van der Waals surface area (Å²) in [5.74, 6) is -0.310. The van der Waals surface area contributed by atoms with Crippen LogP contribution in [0.5, 0.6) is 0 Å². The van der Waals surface area contributed by atoms with Gasteiger partial charge in [0.05, 0.1) is 11.8 Å². The lowest BCUT2D eigenvalue weighted by Gasteiger charge is -1.96. The molecule has 1 aromatic heterocycles. The highest BCUT2D eigenvalue weighted by atomic mass is 16.4. The van der Waals surface area contributed by atoms with Crippen molar-refractivity contribution in [1.82, 2.24) is 0 Å². The summed E-state index contributed by atoms with van der Waals surface area (Å²) in [5.41, 5.74) is 2.26. The zero-order valence-electron chi connectivity index (χ0n) is 8.06. The lowest BCUT2D eigenvalue weighted by atomic mass is 10.1. The van der Waals surface area contributed by atoms with Crippen LogP contribution < -0.4 is 0 Å². The molecule has 1 fully saturated rings. The van der Waals surface area contributed by atoms with E-state index in [1.807, 2.05) is 0 Å². The van der Waals surface area contributed by atoms with E-state index in [9.17, 15) is 4.79 Å². The van der Waals surface area contributed by atoms with Crippen LogP contribution in [0.3, 0.4) is 0 Å². The van der Waals surface area contributed by atoms with Crippen molar-refractivity contribution in [2.75, 3.05) is 0 Å². The summed E-state index contributed by atoms with van der Waals surface area (Å²) in [6.07, 6.45) is 4.13. The molecular formula is C12H10O3. The maximum Gasteiger partial charge on any atom is 0.335 e. The number of furan rings is 1. The topological polar surface area (TPSA) is 50.4 Å². The highest BCUT2D eigenvalue weighted by Gasteiger charge is 2.27. The van der Waals surface area contributed by atoms with Gasteiger partial charge in [0.25, 0.3) is 0 Å². The smallest absolute Gasteiger partial charge is 0.335 e. The van der Waals surface area contributed by atoms with Gasteiger partial charge in [-0.15, -0.1) is 0 Å². The Labute approximate surface area is 86.3 Å². The van der Waals surface area contributed by atoms with Gasteiger partial charge in [0.15, 0.2) is 0 Å². The predicted octanol–water partition coefficient (Wildman–Crippen LogP) is 3.01. The van der Waals surface area contributed by atoms with E-state index in [1.165, 1.54) is 12.8 Å². The van der Waals surface area contributed by atoms with Crippen LogP contribution in [0, 0.1) is 0 Å². The molecule has 0 atom stereocenters. The number of hydrogen-bond acceptors (Lipinski definition) is 2. The van der Waals surface area contributed by atoms with Crippen LogP contribution >= 0.6 is 0 Å². The Bertz CT molecular complexity index is 535. The number of carboxylic acid groups (broad SMARTS) is 1. The minimum absolute atomic E-state index is 0.325. The largest absolute Gasteiger partial charge is 0.478 e. The zero-order chi connectivity index (χ0) is 10.4. The standard InChI is InChI=1S/C12H10O3/c13-12(14)8-3-4-11-9(5-8)10(6-15-11)7-1-2-7/h3-7H,1-2H2,(H,13,14). The molecule has 0 saturated heterocycles. The second kappa shape index (κ2) is 2.86. The average molecular weight is 202 g/mol. The van der Waals surface area contributed by atoms with Gasteiger partial charge in [-0.05, 0) is 37.0 Å². The quantitative estimate of drug-likeness (QED) is 0.814. The van der Waals surface area contributed by atoms with Crippen LogP contribution in [0.25, 0.3) is 11.0 Å². The second-order valence-corrected chi connectivity index (χ2v) is 3.98. The molecule has 1 aromatic carbocycles. The fourth-order valence-electron chi connectivity index (χ4n) is 1.89. The van der Waals surface area contributed by atoms with Gasteiger partial charge in [-0.1, -0.05) is 0 Å². The molecule has 1 heterocycles. The van der Waals surface area contributed by atoms with Crippen molar-refractivity contribution in [3.05, 3.63) is 35.6 Å². The van der Waals surface area contributed by atoms with E-state index >= 15 is 0 Å². The van der Waals surface area contributed by atoms with Crippen molar-refractivity contribution in [1.29, 1.82) is 0 Å². The van der Waals surface area contributed by atoms with Crippen molar-refractivity contribution < 1.29 is 14.3 Å². The third kappa shape index (κ3) is 1.31. The van der Waals surface area contributed by atoms with Crippen LogP contribution in [0.15, 0.2) is 28.9 Å². The van der Waals surface area contributed by atoms with Gasteiger partial charge in [-0.3, -0.25) is 0 Å². The average Bonchev–Trinajstić information content (AvgIpc) is 2.98.